The number of nitrogens with one attached hydrogen (secondary N) is 1. The van der Waals surface area contributed by atoms with Crippen molar-refractivity contribution in [2.24, 2.45) is 5.14 Å². The molecule has 0 aliphatic carbocycles. The van der Waals surface area contributed by atoms with Crippen molar-refractivity contribution >= 4 is 26.9 Å². The van der Waals surface area contributed by atoms with Crippen LogP contribution in [0.1, 0.15) is 12.5 Å². The summed E-state index contributed by atoms with van der Waals surface area (Å²) in [5.74, 6) is 0.105. The van der Waals surface area contributed by atoms with Gasteiger partial charge in [0.15, 0.2) is 6.10 Å². The molecule has 152 valence electrons. The summed E-state index contributed by atoms with van der Waals surface area (Å²) in [6.45, 7) is 1.97. The van der Waals surface area contributed by atoms with E-state index in [-0.39, 0.29) is 10.8 Å². The first-order chi connectivity index (χ1) is 13.7. The number of nitrogens with two attached hydrogens (primary N) is 1. The second-order valence-electron chi connectivity index (χ2n) is 6.44. The predicted octanol–water partition coefficient (Wildman–Crippen LogP) is 1.57. The molecule has 3 aromatic rings. The van der Waals surface area contributed by atoms with Gasteiger partial charge in [-0.3, -0.25) is 4.79 Å². The molecule has 0 radical (unpaired) electrons. The standard InChI is InChI=1S/C20H20N2O6S/c1-13(27-16-6-4-15-5-9-19(23)28-18(15)12-16)20(24)22-11-10-14-2-7-17(8-3-14)29(21,25)26/h2-9,12-13H,10-11H2,1H3,(H,22,24)(H2,21,25,26)/t13-/m1/s1. The van der Waals surface area contributed by atoms with Crippen LogP contribution in [0.5, 0.6) is 5.75 Å². The van der Waals surface area contributed by atoms with E-state index < -0.39 is 21.8 Å². The average Bonchev–Trinajstić information content (AvgIpc) is 2.67. The molecular formula is C20H20N2O6S. The van der Waals surface area contributed by atoms with Gasteiger partial charge in [0.05, 0.1) is 4.90 Å². The van der Waals surface area contributed by atoms with Crippen molar-refractivity contribution in [3.05, 3.63) is 70.6 Å². The molecule has 2 aromatic carbocycles. The quantitative estimate of drug-likeness (QED) is 0.563. The Morgan fingerprint density at radius 1 is 1.14 bits per heavy atom. The van der Waals surface area contributed by atoms with Crippen LogP contribution in [0.2, 0.25) is 0 Å². The maximum Gasteiger partial charge on any atom is 0.336 e. The van der Waals surface area contributed by atoms with Crippen LogP contribution in [-0.2, 0) is 21.2 Å². The van der Waals surface area contributed by atoms with Crippen LogP contribution in [0.15, 0.2) is 68.7 Å². The van der Waals surface area contributed by atoms with Gasteiger partial charge in [-0.1, -0.05) is 12.1 Å². The van der Waals surface area contributed by atoms with Crippen LogP contribution >= 0.6 is 0 Å². The molecule has 0 spiro atoms. The Kier molecular flexibility index (Phi) is 6.00. The highest BCUT2D eigenvalue weighted by Gasteiger charge is 2.15. The lowest BCUT2D eigenvalue weighted by Crippen LogP contribution is -2.37. The molecule has 8 nitrogen and oxygen atoms in total. The maximum absolute atomic E-state index is 12.2. The minimum absolute atomic E-state index is 0.0403. The predicted molar refractivity (Wildman–Crippen MR) is 107 cm³/mol. The SMILES string of the molecule is C[C@@H](Oc1ccc2ccc(=O)oc2c1)C(=O)NCCc1ccc(S(N)(=O)=O)cc1. The number of rotatable bonds is 7. The molecule has 29 heavy (non-hydrogen) atoms. The Bertz CT molecular complexity index is 1190. The summed E-state index contributed by atoms with van der Waals surface area (Å²) in [6, 6.07) is 14.1. The number of benzene rings is 2. The molecule has 3 rings (SSSR count). The zero-order valence-electron chi connectivity index (χ0n) is 15.6. The summed E-state index contributed by atoms with van der Waals surface area (Å²) in [6.07, 6.45) is -0.238. The summed E-state index contributed by atoms with van der Waals surface area (Å²) >= 11 is 0. The Morgan fingerprint density at radius 2 is 1.83 bits per heavy atom. The fraction of sp³-hybridized carbons (Fsp3) is 0.200. The second kappa shape index (κ2) is 8.46. The highest BCUT2D eigenvalue weighted by molar-refractivity contribution is 7.89. The smallest absolute Gasteiger partial charge is 0.336 e. The zero-order chi connectivity index (χ0) is 21.0. The molecule has 0 saturated carbocycles. The molecule has 1 aromatic heterocycles. The van der Waals surface area contributed by atoms with Gasteiger partial charge in [0.1, 0.15) is 11.3 Å². The number of hydrogen-bond donors (Lipinski definition) is 2. The molecule has 0 aliphatic rings. The topological polar surface area (TPSA) is 129 Å². The number of ether oxygens (including phenoxy) is 1. The largest absolute Gasteiger partial charge is 0.481 e. The normalized spacial score (nSPS) is 12.5. The number of carbonyl (C=O) groups excluding carboxylic acids is 1. The molecule has 0 unspecified atom stereocenters. The molecule has 3 N–H and O–H groups in total. The minimum Gasteiger partial charge on any atom is -0.481 e. The van der Waals surface area contributed by atoms with Gasteiger partial charge in [-0.15, -0.1) is 0 Å². The third-order valence-corrected chi connectivity index (χ3v) is 5.17. The molecule has 9 heteroatoms. The van der Waals surface area contributed by atoms with Crippen molar-refractivity contribution in [2.75, 3.05) is 6.54 Å². The maximum atomic E-state index is 12.2. The fourth-order valence-corrected chi connectivity index (χ4v) is 3.21. The minimum atomic E-state index is -3.72. The first-order valence-electron chi connectivity index (χ1n) is 8.82. The van der Waals surface area contributed by atoms with Crippen molar-refractivity contribution in [1.82, 2.24) is 5.32 Å². The number of amides is 1. The molecule has 1 amide bonds. The molecule has 1 atom stereocenters. The van der Waals surface area contributed by atoms with E-state index in [9.17, 15) is 18.0 Å². The van der Waals surface area contributed by atoms with E-state index in [0.717, 1.165) is 10.9 Å². The van der Waals surface area contributed by atoms with E-state index in [1.165, 1.54) is 18.2 Å². The van der Waals surface area contributed by atoms with Crippen LogP contribution in [0, 0.1) is 0 Å². The summed E-state index contributed by atoms with van der Waals surface area (Å²) in [5.41, 5.74) is 0.777. The van der Waals surface area contributed by atoms with Crippen molar-refractivity contribution in [1.29, 1.82) is 0 Å². The Labute approximate surface area is 167 Å². The summed E-state index contributed by atoms with van der Waals surface area (Å²) < 4.78 is 33.2. The lowest BCUT2D eigenvalue weighted by Gasteiger charge is -2.15. The Hall–Kier alpha value is -3.17. The molecule has 1 heterocycles. The molecule has 0 saturated heterocycles. The monoisotopic (exact) mass is 416 g/mol. The summed E-state index contributed by atoms with van der Waals surface area (Å²) in [7, 11) is -3.72. The third-order valence-electron chi connectivity index (χ3n) is 4.24. The van der Waals surface area contributed by atoms with E-state index >= 15 is 0 Å². The van der Waals surface area contributed by atoms with E-state index in [4.69, 9.17) is 14.3 Å². The Morgan fingerprint density at radius 3 is 2.52 bits per heavy atom. The number of primary sulfonamides is 1. The van der Waals surface area contributed by atoms with Gasteiger partial charge in [0.25, 0.3) is 5.91 Å². The molecule has 0 aliphatic heterocycles. The highest BCUT2D eigenvalue weighted by atomic mass is 32.2. The van der Waals surface area contributed by atoms with Gasteiger partial charge in [0, 0.05) is 24.1 Å². The van der Waals surface area contributed by atoms with Crippen LogP contribution in [0.25, 0.3) is 11.0 Å². The number of carbonyl (C=O) groups is 1. The zero-order valence-corrected chi connectivity index (χ0v) is 16.4. The number of sulfonamides is 1. The van der Waals surface area contributed by atoms with E-state index in [2.05, 4.69) is 5.32 Å². The molecule has 0 bridgehead atoms. The van der Waals surface area contributed by atoms with Crippen LogP contribution in [0.3, 0.4) is 0 Å². The Balaban J connectivity index is 1.53. The van der Waals surface area contributed by atoms with Crippen LogP contribution < -0.4 is 20.8 Å². The van der Waals surface area contributed by atoms with Gasteiger partial charge in [0.2, 0.25) is 10.0 Å². The van der Waals surface area contributed by atoms with Crippen LogP contribution in [-0.4, -0.2) is 27.0 Å². The van der Waals surface area contributed by atoms with Crippen LogP contribution in [0.4, 0.5) is 0 Å². The molecule has 0 fully saturated rings. The fourth-order valence-electron chi connectivity index (χ4n) is 2.69. The highest BCUT2D eigenvalue weighted by Crippen LogP contribution is 2.20. The van der Waals surface area contributed by atoms with Gasteiger partial charge in [-0.2, -0.15) is 0 Å². The molecular weight excluding hydrogens is 396 g/mol. The first-order valence-corrected chi connectivity index (χ1v) is 10.4. The van der Waals surface area contributed by atoms with Crippen molar-refractivity contribution in [2.45, 2.75) is 24.3 Å². The lowest BCUT2D eigenvalue weighted by atomic mass is 10.1. The van der Waals surface area contributed by atoms with Crippen molar-refractivity contribution < 1.29 is 22.4 Å². The van der Waals surface area contributed by atoms with E-state index in [1.54, 1.807) is 43.3 Å². The van der Waals surface area contributed by atoms with Gasteiger partial charge >= 0.3 is 5.63 Å². The summed E-state index contributed by atoms with van der Waals surface area (Å²) in [4.78, 5) is 23.6. The van der Waals surface area contributed by atoms with Gasteiger partial charge in [-0.25, -0.2) is 18.4 Å². The van der Waals surface area contributed by atoms with E-state index in [1.807, 2.05) is 0 Å². The van der Waals surface area contributed by atoms with Crippen molar-refractivity contribution in [3.8, 4) is 5.75 Å². The first kappa shape index (κ1) is 20.6. The average molecular weight is 416 g/mol. The van der Waals surface area contributed by atoms with E-state index in [0.29, 0.717) is 24.3 Å². The lowest BCUT2D eigenvalue weighted by molar-refractivity contribution is -0.127. The van der Waals surface area contributed by atoms with Crippen molar-refractivity contribution in [3.63, 3.8) is 0 Å². The third kappa shape index (κ3) is 5.43. The summed E-state index contributed by atoms with van der Waals surface area (Å²) in [5, 5.41) is 8.58. The number of hydrogen-bond acceptors (Lipinski definition) is 6. The van der Waals surface area contributed by atoms with Gasteiger partial charge in [-0.05, 0) is 49.2 Å². The number of fused-ring (bicyclic) bond motifs is 1. The second-order valence-corrected chi connectivity index (χ2v) is 8.01. The van der Waals surface area contributed by atoms with Gasteiger partial charge < -0.3 is 14.5 Å².